The molecule has 1 amide bonds. The number of sulfonamides is 1. The third-order valence-corrected chi connectivity index (χ3v) is 7.29. The van der Waals surface area contributed by atoms with Gasteiger partial charge < -0.3 is 5.32 Å². The Kier molecular flexibility index (Phi) is 6.63. The van der Waals surface area contributed by atoms with E-state index in [2.05, 4.69) is 10.0 Å². The molecule has 3 rings (SSSR count). The normalized spacial score (nSPS) is 15.6. The third-order valence-electron chi connectivity index (χ3n) is 5.78. The van der Waals surface area contributed by atoms with Gasteiger partial charge in [-0.2, -0.15) is 0 Å². The van der Waals surface area contributed by atoms with Gasteiger partial charge in [0.05, 0.1) is 10.6 Å². The van der Waals surface area contributed by atoms with Gasteiger partial charge >= 0.3 is 0 Å². The van der Waals surface area contributed by atoms with Gasteiger partial charge in [-0.25, -0.2) is 8.42 Å². The molecule has 156 valence electrons. The lowest BCUT2D eigenvalue weighted by atomic mass is 10.1. The molecular formula is C23H30N2O3S. The molecule has 1 saturated carbocycles. The summed E-state index contributed by atoms with van der Waals surface area (Å²) in [5.41, 5.74) is 3.43. The minimum Gasteiger partial charge on any atom is -0.349 e. The molecular weight excluding hydrogens is 384 g/mol. The van der Waals surface area contributed by atoms with Crippen molar-refractivity contribution in [3.63, 3.8) is 0 Å². The summed E-state index contributed by atoms with van der Waals surface area (Å²) in [6.07, 6.45) is 6.64. The number of aryl methyl sites for hydroxylation is 2. The Morgan fingerprint density at radius 1 is 0.931 bits per heavy atom. The van der Waals surface area contributed by atoms with Crippen molar-refractivity contribution in [2.45, 2.75) is 70.2 Å². The lowest BCUT2D eigenvalue weighted by molar-refractivity contribution is 0.0933. The number of hydrogen-bond donors (Lipinski definition) is 2. The highest BCUT2D eigenvalue weighted by atomic mass is 32.2. The van der Waals surface area contributed by atoms with Crippen LogP contribution in [0.15, 0.2) is 41.3 Å². The Bertz CT molecular complexity index is 991. The second-order valence-electron chi connectivity index (χ2n) is 8.00. The summed E-state index contributed by atoms with van der Waals surface area (Å²) in [5, 5.41) is 3.09. The monoisotopic (exact) mass is 414 g/mol. The van der Waals surface area contributed by atoms with Crippen LogP contribution in [0.2, 0.25) is 0 Å². The molecule has 0 saturated heterocycles. The average molecular weight is 415 g/mol. The first kappa shape index (κ1) is 21.4. The fraction of sp³-hybridized carbons (Fsp3) is 0.435. The first-order chi connectivity index (χ1) is 13.8. The van der Waals surface area contributed by atoms with Crippen LogP contribution in [0.1, 0.15) is 65.6 Å². The van der Waals surface area contributed by atoms with Gasteiger partial charge in [-0.1, -0.05) is 43.9 Å². The van der Waals surface area contributed by atoms with E-state index >= 15 is 0 Å². The second kappa shape index (κ2) is 8.99. The molecule has 0 bridgehead atoms. The smallest absolute Gasteiger partial charge is 0.262 e. The van der Waals surface area contributed by atoms with Crippen molar-refractivity contribution < 1.29 is 13.2 Å². The average Bonchev–Trinajstić information content (AvgIpc) is 2.94. The first-order valence-corrected chi connectivity index (χ1v) is 11.8. The summed E-state index contributed by atoms with van der Waals surface area (Å²) < 4.78 is 28.8. The fourth-order valence-electron chi connectivity index (χ4n) is 3.78. The van der Waals surface area contributed by atoms with Crippen LogP contribution in [-0.4, -0.2) is 20.4 Å². The van der Waals surface area contributed by atoms with Gasteiger partial charge in [0.25, 0.3) is 15.9 Å². The standard InChI is InChI=1S/C23H30N2O3S/c1-16-9-8-12-21(18(16)3)25-29(27,28)22-15-19(14-13-17(22)2)23(26)24-20-10-6-4-5-7-11-20/h8-9,12-15,20,25H,4-7,10-11H2,1-3H3,(H,24,26). The van der Waals surface area contributed by atoms with Crippen molar-refractivity contribution in [1.82, 2.24) is 5.32 Å². The largest absolute Gasteiger partial charge is 0.349 e. The van der Waals surface area contributed by atoms with Gasteiger partial charge in [0.15, 0.2) is 0 Å². The minimum absolute atomic E-state index is 0.131. The molecule has 2 aromatic carbocycles. The van der Waals surface area contributed by atoms with E-state index in [1.165, 1.54) is 18.9 Å². The summed E-state index contributed by atoms with van der Waals surface area (Å²) >= 11 is 0. The predicted molar refractivity (Wildman–Crippen MR) is 117 cm³/mol. The molecule has 1 aliphatic carbocycles. The van der Waals surface area contributed by atoms with Gasteiger partial charge in [-0.05, 0) is 68.5 Å². The Labute approximate surface area is 174 Å². The molecule has 0 unspecified atom stereocenters. The highest BCUT2D eigenvalue weighted by Gasteiger charge is 2.22. The van der Waals surface area contributed by atoms with E-state index in [0.717, 1.165) is 36.8 Å². The van der Waals surface area contributed by atoms with Gasteiger partial charge in [0.1, 0.15) is 0 Å². The summed E-state index contributed by atoms with van der Waals surface area (Å²) in [6.45, 7) is 5.57. The van der Waals surface area contributed by atoms with Gasteiger partial charge in [0.2, 0.25) is 0 Å². The Balaban J connectivity index is 1.83. The van der Waals surface area contributed by atoms with E-state index < -0.39 is 10.0 Å². The number of rotatable bonds is 5. The van der Waals surface area contributed by atoms with Crippen molar-refractivity contribution in [2.75, 3.05) is 4.72 Å². The SMILES string of the molecule is Cc1ccc(C(=O)NC2CCCCCC2)cc1S(=O)(=O)Nc1cccc(C)c1C. The Hall–Kier alpha value is -2.34. The molecule has 29 heavy (non-hydrogen) atoms. The number of amides is 1. The molecule has 0 atom stereocenters. The highest BCUT2D eigenvalue weighted by molar-refractivity contribution is 7.92. The van der Waals surface area contributed by atoms with Gasteiger partial charge in [0, 0.05) is 11.6 Å². The van der Waals surface area contributed by atoms with Gasteiger partial charge in [-0.3, -0.25) is 9.52 Å². The maximum atomic E-state index is 13.1. The molecule has 5 nitrogen and oxygen atoms in total. The number of carbonyl (C=O) groups is 1. The van der Waals surface area contributed by atoms with Crippen molar-refractivity contribution >= 4 is 21.6 Å². The highest BCUT2D eigenvalue weighted by Crippen LogP contribution is 2.25. The van der Waals surface area contributed by atoms with E-state index in [1.54, 1.807) is 25.1 Å². The van der Waals surface area contributed by atoms with Gasteiger partial charge in [-0.15, -0.1) is 0 Å². The summed E-state index contributed by atoms with van der Waals surface area (Å²) in [6, 6.07) is 10.5. The lowest BCUT2D eigenvalue weighted by Gasteiger charge is -2.17. The fourth-order valence-corrected chi connectivity index (χ4v) is 5.18. The first-order valence-electron chi connectivity index (χ1n) is 10.3. The Morgan fingerprint density at radius 3 is 2.31 bits per heavy atom. The van der Waals surface area contributed by atoms with Crippen molar-refractivity contribution in [3.05, 3.63) is 58.7 Å². The molecule has 0 radical (unpaired) electrons. The zero-order valence-corrected chi connectivity index (χ0v) is 18.2. The number of anilines is 1. The molecule has 0 aromatic heterocycles. The minimum atomic E-state index is -3.81. The second-order valence-corrected chi connectivity index (χ2v) is 9.65. The molecule has 1 fully saturated rings. The zero-order valence-electron chi connectivity index (χ0n) is 17.4. The van der Waals surface area contributed by atoms with Crippen LogP contribution in [0.3, 0.4) is 0 Å². The molecule has 0 spiro atoms. The van der Waals surface area contributed by atoms with Crippen LogP contribution in [0.25, 0.3) is 0 Å². The maximum absolute atomic E-state index is 13.1. The van der Waals surface area contributed by atoms with E-state index in [-0.39, 0.29) is 16.8 Å². The molecule has 2 aromatic rings. The molecule has 2 N–H and O–H groups in total. The lowest BCUT2D eigenvalue weighted by Crippen LogP contribution is -2.34. The number of carbonyl (C=O) groups excluding carboxylic acids is 1. The number of hydrogen-bond acceptors (Lipinski definition) is 3. The van der Waals surface area contributed by atoms with Crippen LogP contribution in [0.4, 0.5) is 5.69 Å². The summed E-state index contributed by atoms with van der Waals surface area (Å²) in [4.78, 5) is 12.9. The molecule has 6 heteroatoms. The van der Waals surface area contributed by atoms with Crippen molar-refractivity contribution in [3.8, 4) is 0 Å². The topological polar surface area (TPSA) is 75.3 Å². The van der Waals surface area contributed by atoms with E-state index in [1.807, 2.05) is 26.0 Å². The van der Waals surface area contributed by atoms with E-state index in [9.17, 15) is 13.2 Å². The summed E-state index contributed by atoms with van der Waals surface area (Å²) in [5.74, 6) is -0.208. The quantitative estimate of drug-likeness (QED) is 0.686. The molecule has 0 aliphatic heterocycles. The van der Waals surface area contributed by atoms with Crippen molar-refractivity contribution in [1.29, 1.82) is 0 Å². The zero-order chi connectivity index (χ0) is 21.0. The van der Waals surface area contributed by atoms with E-state index in [0.29, 0.717) is 16.8 Å². The van der Waals surface area contributed by atoms with Crippen LogP contribution in [0.5, 0.6) is 0 Å². The van der Waals surface area contributed by atoms with E-state index in [4.69, 9.17) is 0 Å². The number of nitrogens with one attached hydrogen (secondary N) is 2. The third kappa shape index (κ3) is 5.18. The van der Waals surface area contributed by atoms with Crippen LogP contribution in [0, 0.1) is 20.8 Å². The van der Waals surface area contributed by atoms with Crippen molar-refractivity contribution in [2.24, 2.45) is 0 Å². The molecule has 0 heterocycles. The van der Waals surface area contributed by atoms with Crippen LogP contribution in [-0.2, 0) is 10.0 Å². The molecule has 1 aliphatic rings. The van der Waals surface area contributed by atoms with Crippen LogP contribution >= 0.6 is 0 Å². The Morgan fingerprint density at radius 2 is 1.62 bits per heavy atom. The predicted octanol–water partition coefficient (Wildman–Crippen LogP) is 4.87. The summed E-state index contributed by atoms with van der Waals surface area (Å²) in [7, 11) is -3.81. The van der Waals surface area contributed by atoms with Crippen LogP contribution < -0.4 is 10.0 Å². The maximum Gasteiger partial charge on any atom is 0.262 e. The number of benzene rings is 2.